The van der Waals surface area contributed by atoms with E-state index in [4.69, 9.17) is 28.7 Å². The van der Waals surface area contributed by atoms with E-state index < -0.39 is 6.10 Å². The van der Waals surface area contributed by atoms with Crippen molar-refractivity contribution in [2.45, 2.75) is 45.6 Å². The summed E-state index contributed by atoms with van der Waals surface area (Å²) in [5.41, 5.74) is 8.17. The number of hydrogen-bond donors (Lipinski definition) is 2. The van der Waals surface area contributed by atoms with Crippen molar-refractivity contribution in [1.29, 1.82) is 5.26 Å². The van der Waals surface area contributed by atoms with Gasteiger partial charge in [-0.1, -0.05) is 31.2 Å². The van der Waals surface area contributed by atoms with Crippen LogP contribution in [-0.2, 0) is 17.9 Å². The number of likely N-dealkylation sites (N-methyl/N-ethyl adjacent to an activating group) is 1. The van der Waals surface area contributed by atoms with Crippen LogP contribution in [0.3, 0.4) is 0 Å². The number of rotatable bonds is 9. The minimum absolute atomic E-state index is 0.0378. The molecule has 51 heavy (non-hydrogen) atoms. The van der Waals surface area contributed by atoms with E-state index in [-0.39, 0.29) is 18.6 Å². The molecular weight excluding hydrogens is 646 g/mol. The van der Waals surface area contributed by atoms with E-state index >= 15 is 0 Å². The van der Waals surface area contributed by atoms with Crippen LogP contribution in [-0.4, -0.2) is 76.5 Å². The third-order valence-electron chi connectivity index (χ3n) is 10.0. The summed E-state index contributed by atoms with van der Waals surface area (Å²) in [5, 5.41) is 36.2. The Labute approximate surface area is 296 Å². The molecule has 1 aliphatic heterocycles. The number of aliphatic hydroxyl groups is 2. The largest absolute Gasteiger partial charge is 0.496 e. The summed E-state index contributed by atoms with van der Waals surface area (Å²) >= 11 is 0. The lowest BCUT2D eigenvalue weighted by molar-refractivity contribution is 0.0210. The standard InChI is InChI=1S/C40H41N5O6/c1-23-22-50-13-12-35(38(23)47)44(3)20-32-36(48-4)16-27(17-37(32)49-5)45-34-11-7-10-30(31(34)19-42-45)28-8-6-9-29(24(28)2)40-43-33-15-25(21-46)14-26(18-41)39(33)51-40/h6-11,14-17,19,23,35,38,46-47H,12-13,20-22H2,1-5H3/t23-,35+,38-/m0/s1. The average molecular weight is 688 g/mol. The number of oxazole rings is 1. The van der Waals surface area contributed by atoms with Gasteiger partial charge in [0.25, 0.3) is 0 Å². The van der Waals surface area contributed by atoms with Gasteiger partial charge in [-0.3, -0.25) is 4.90 Å². The Kier molecular flexibility index (Phi) is 9.50. The van der Waals surface area contributed by atoms with Gasteiger partial charge in [-0.25, -0.2) is 9.67 Å². The lowest BCUT2D eigenvalue weighted by atomic mass is 9.94. The highest BCUT2D eigenvalue weighted by atomic mass is 16.5. The number of fused-ring (bicyclic) bond motifs is 2. The predicted molar refractivity (Wildman–Crippen MR) is 194 cm³/mol. The van der Waals surface area contributed by atoms with Gasteiger partial charge in [0.1, 0.15) is 23.1 Å². The van der Waals surface area contributed by atoms with E-state index in [9.17, 15) is 15.5 Å². The summed E-state index contributed by atoms with van der Waals surface area (Å²) in [4.78, 5) is 6.86. The van der Waals surface area contributed by atoms with E-state index in [1.54, 1.807) is 26.4 Å². The fourth-order valence-electron chi connectivity index (χ4n) is 7.25. The van der Waals surface area contributed by atoms with Gasteiger partial charge in [0.2, 0.25) is 5.89 Å². The Morgan fingerprint density at radius 1 is 1.04 bits per heavy atom. The molecule has 11 nitrogen and oxygen atoms in total. The summed E-state index contributed by atoms with van der Waals surface area (Å²) in [6.45, 7) is 5.52. The molecule has 0 radical (unpaired) electrons. The van der Waals surface area contributed by atoms with E-state index in [1.807, 2.05) is 68.2 Å². The molecule has 0 bridgehead atoms. The Morgan fingerprint density at radius 3 is 2.49 bits per heavy atom. The number of hydrogen-bond acceptors (Lipinski definition) is 10. The van der Waals surface area contributed by atoms with Crippen molar-refractivity contribution in [3.8, 4) is 45.8 Å². The van der Waals surface area contributed by atoms with E-state index in [0.29, 0.717) is 59.4 Å². The summed E-state index contributed by atoms with van der Waals surface area (Å²) < 4.78 is 25.6. The Bertz CT molecular complexity index is 2240. The van der Waals surface area contributed by atoms with E-state index in [1.165, 1.54) is 0 Å². The normalized spacial score (nSPS) is 17.9. The van der Waals surface area contributed by atoms with Gasteiger partial charge < -0.3 is 28.8 Å². The fraction of sp³-hybridized carbons (Fsp3) is 0.325. The van der Waals surface area contributed by atoms with Crippen molar-refractivity contribution >= 4 is 22.0 Å². The number of aromatic nitrogens is 3. The third-order valence-corrected chi connectivity index (χ3v) is 10.0. The van der Waals surface area contributed by atoms with Gasteiger partial charge in [0.15, 0.2) is 5.58 Å². The molecule has 6 aromatic rings. The highest BCUT2D eigenvalue weighted by molar-refractivity contribution is 5.97. The minimum Gasteiger partial charge on any atom is -0.496 e. The van der Waals surface area contributed by atoms with Crippen LogP contribution in [0.4, 0.5) is 0 Å². The maximum Gasteiger partial charge on any atom is 0.227 e. The van der Waals surface area contributed by atoms with Gasteiger partial charge >= 0.3 is 0 Å². The van der Waals surface area contributed by atoms with Gasteiger partial charge in [0.05, 0.1) is 62.1 Å². The van der Waals surface area contributed by atoms with Gasteiger partial charge in [-0.15, -0.1) is 0 Å². The maximum atomic E-state index is 11.0. The first-order valence-electron chi connectivity index (χ1n) is 17.0. The second-order valence-corrected chi connectivity index (χ2v) is 13.2. The molecular formula is C40H41N5O6. The molecule has 3 heterocycles. The van der Waals surface area contributed by atoms with Gasteiger partial charge in [0, 0.05) is 48.2 Å². The first-order chi connectivity index (χ1) is 24.8. The highest BCUT2D eigenvalue weighted by Gasteiger charge is 2.32. The molecule has 0 amide bonds. The number of ether oxygens (including phenoxy) is 3. The molecule has 0 unspecified atom stereocenters. The first-order valence-corrected chi connectivity index (χ1v) is 17.0. The van der Waals surface area contributed by atoms with Gasteiger partial charge in [-0.2, -0.15) is 10.4 Å². The minimum atomic E-state index is -0.505. The summed E-state index contributed by atoms with van der Waals surface area (Å²) in [6, 6.07) is 21.5. The zero-order valence-electron chi connectivity index (χ0n) is 29.4. The molecule has 3 atom stereocenters. The topological polar surface area (TPSA) is 139 Å². The van der Waals surface area contributed by atoms with Crippen LogP contribution in [0.2, 0.25) is 0 Å². The van der Waals surface area contributed by atoms with Crippen molar-refractivity contribution in [2.24, 2.45) is 5.92 Å². The lowest BCUT2D eigenvalue weighted by Gasteiger charge is -2.33. The van der Waals surface area contributed by atoms with E-state index in [2.05, 4.69) is 23.1 Å². The van der Waals surface area contributed by atoms with Crippen LogP contribution >= 0.6 is 0 Å². The first kappa shape index (κ1) is 34.2. The molecule has 0 saturated carbocycles. The third kappa shape index (κ3) is 6.21. The van der Waals surface area contributed by atoms with Crippen LogP contribution in [0.25, 0.3) is 50.3 Å². The van der Waals surface area contributed by atoms with E-state index in [0.717, 1.165) is 50.8 Å². The van der Waals surface area contributed by atoms with Crippen LogP contribution < -0.4 is 9.47 Å². The quantitative estimate of drug-likeness (QED) is 0.175. The van der Waals surface area contributed by atoms with Crippen molar-refractivity contribution in [3.05, 3.63) is 89.1 Å². The number of nitriles is 1. The second kappa shape index (κ2) is 14.2. The Morgan fingerprint density at radius 2 is 1.76 bits per heavy atom. The zero-order chi connectivity index (χ0) is 35.8. The summed E-state index contributed by atoms with van der Waals surface area (Å²) in [5.74, 6) is 1.77. The summed E-state index contributed by atoms with van der Waals surface area (Å²) in [7, 11) is 5.31. The van der Waals surface area contributed by atoms with Crippen LogP contribution in [0, 0.1) is 24.2 Å². The molecule has 2 N–H and O–H groups in total. The zero-order valence-corrected chi connectivity index (χ0v) is 29.4. The maximum absolute atomic E-state index is 11.0. The highest BCUT2D eigenvalue weighted by Crippen LogP contribution is 2.39. The molecule has 1 fully saturated rings. The monoisotopic (exact) mass is 687 g/mol. The summed E-state index contributed by atoms with van der Waals surface area (Å²) in [6.07, 6.45) is 2.09. The van der Waals surface area contributed by atoms with Crippen molar-refractivity contribution in [2.75, 3.05) is 34.5 Å². The Hall–Kier alpha value is -5.25. The molecule has 7 rings (SSSR count). The molecule has 1 aliphatic rings. The van der Waals surface area contributed by atoms with Crippen molar-refractivity contribution in [1.82, 2.24) is 19.7 Å². The molecule has 11 heteroatoms. The number of benzene rings is 4. The van der Waals surface area contributed by atoms with Crippen LogP contribution in [0.15, 0.2) is 71.3 Å². The SMILES string of the molecule is COc1cc(-n2ncc3c(-c4cccc(-c5nc6cc(CO)cc(C#N)c6o5)c4C)cccc32)cc(OC)c1CN(C)[C@@H]1CCOC[C@H](C)[C@@H]1O. The Balaban J connectivity index is 1.25. The molecule has 2 aromatic heterocycles. The fourth-order valence-corrected chi connectivity index (χ4v) is 7.25. The van der Waals surface area contributed by atoms with Crippen molar-refractivity contribution in [3.63, 3.8) is 0 Å². The molecule has 0 spiro atoms. The smallest absolute Gasteiger partial charge is 0.227 e. The average Bonchev–Trinajstić information content (AvgIpc) is 3.74. The van der Waals surface area contributed by atoms with Crippen LogP contribution in [0.1, 0.15) is 35.6 Å². The van der Waals surface area contributed by atoms with Crippen molar-refractivity contribution < 1.29 is 28.8 Å². The van der Waals surface area contributed by atoms with Crippen LogP contribution in [0.5, 0.6) is 11.5 Å². The molecule has 1 saturated heterocycles. The molecule has 0 aliphatic carbocycles. The number of methoxy groups -OCH3 is 2. The lowest BCUT2D eigenvalue weighted by Crippen LogP contribution is -2.43. The second-order valence-electron chi connectivity index (χ2n) is 13.2. The molecule has 262 valence electrons. The number of nitrogens with zero attached hydrogens (tertiary/aromatic N) is 5. The predicted octanol–water partition coefficient (Wildman–Crippen LogP) is 6.41. The number of aliphatic hydroxyl groups excluding tert-OH is 2. The molecule has 4 aromatic carbocycles. The van der Waals surface area contributed by atoms with Gasteiger partial charge in [-0.05, 0) is 66.9 Å².